The monoisotopic (exact) mass is 343 g/mol. The Kier molecular flexibility index (Phi) is 6.26. The molecule has 0 amide bonds. The maximum absolute atomic E-state index is 11.5. The van der Waals surface area contributed by atoms with E-state index >= 15 is 0 Å². The molecule has 0 radical (unpaired) electrons. The largest absolute Gasteiger partial charge is 0.497 e. The van der Waals surface area contributed by atoms with Crippen LogP contribution >= 0.6 is 0 Å². The van der Waals surface area contributed by atoms with E-state index in [9.17, 15) is 8.42 Å². The van der Waals surface area contributed by atoms with E-state index in [4.69, 9.17) is 14.2 Å². The number of sulfonamides is 1. The Hall–Kier alpha value is -1.31. The first-order valence-corrected chi connectivity index (χ1v) is 9.52. The second-order valence-corrected chi connectivity index (χ2v) is 7.82. The molecule has 1 aliphatic rings. The summed E-state index contributed by atoms with van der Waals surface area (Å²) < 4.78 is 40.8. The van der Waals surface area contributed by atoms with Crippen LogP contribution in [0.3, 0.4) is 0 Å². The van der Waals surface area contributed by atoms with Crippen LogP contribution in [-0.4, -0.2) is 52.9 Å². The van der Waals surface area contributed by atoms with E-state index in [1.54, 1.807) is 14.2 Å². The van der Waals surface area contributed by atoms with E-state index in [-0.39, 0.29) is 0 Å². The van der Waals surface area contributed by atoms with Gasteiger partial charge in [0.1, 0.15) is 11.5 Å². The molecule has 2 rings (SSSR count). The molecule has 7 heteroatoms. The molecule has 0 saturated carbocycles. The van der Waals surface area contributed by atoms with E-state index in [0.29, 0.717) is 32.2 Å². The van der Waals surface area contributed by atoms with Gasteiger partial charge >= 0.3 is 0 Å². The molecule has 1 aliphatic heterocycles. The Balaban J connectivity index is 1.80. The zero-order valence-corrected chi connectivity index (χ0v) is 14.8. The van der Waals surface area contributed by atoms with Crippen LogP contribution in [-0.2, 0) is 21.4 Å². The molecule has 1 fully saturated rings. The van der Waals surface area contributed by atoms with E-state index < -0.39 is 10.0 Å². The number of nitrogens with zero attached hydrogens (tertiary/aromatic N) is 1. The lowest BCUT2D eigenvalue weighted by Crippen LogP contribution is -2.38. The molecule has 0 N–H and O–H groups in total. The van der Waals surface area contributed by atoms with Crippen LogP contribution in [0.15, 0.2) is 18.2 Å². The number of rotatable bonds is 7. The average molecular weight is 343 g/mol. The number of ether oxygens (including phenoxy) is 3. The number of benzene rings is 1. The van der Waals surface area contributed by atoms with Crippen molar-refractivity contribution in [1.29, 1.82) is 0 Å². The van der Waals surface area contributed by atoms with Crippen molar-refractivity contribution < 1.29 is 22.6 Å². The molecule has 0 aromatic heterocycles. The zero-order valence-electron chi connectivity index (χ0n) is 13.9. The topological polar surface area (TPSA) is 65.1 Å². The molecule has 0 atom stereocenters. The second kappa shape index (κ2) is 7.99. The summed E-state index contributed by atoms with van der Waals surface area (Å²) in [5, 5.41) is 0. The smallest absolute Gasteiger partial charge is 0.211 e. The summed E-state index contributed by atoms with van der Waals surface area (Å²) >= 11 is 0. The highest BCUT2D eigenvalue weighted by molar-refractivity contribution is 7.88. The normalized spacial score (nSPS) is 17.2. The summed E-state index contributed by atoms with van der Waals surface area (Å²) in [7, 11) is 0.177. The third kappa shape index (κ3) is 5.37. The van der Waals surface area contributed by atoms with Gasteiger partial charge in [-0.25, -0.2) is 12.7 Å². The molecule has 0 unspecified atom stereocenters. The fraction of sp³-hybridized carbons (Fsp3) is 0.625. The third-order valence-corrected chi connectivity index (χ3v) is 5.38. The standard InChI is InChI=1S/C16H25NO5S/c1-20-15-8-14(9-16(10-15)21-2)12-22-11-13-4-6-17(7-5-13)23(3,18)19/h8-10,13H,4-7,11-12H2,1-3H3. The van der Waals surface area contributed by atoms with E-state index in [1.807, 2.05) is 18.2 Å². The van der Waals surface area contributed by atoms with Gasteiger partial charge in [0.05, 0.1) is 27.1 Å². The molecule has 1 saturated heterocycles. The van der Waals surface area contributed by atoms with Crippen LogP contribution in [0.2, 0.25) is 0 Å². The van der Waals surface area contributed by atoms with Crippen molar-refractivity contribution in [3.8, 4) is 11.5 Å². The third-order valence-electron chi connectivity index (χ3n) is 4.08. The van der Waals surface area contributed by atoms with E-state index in [0.717, 1.165) is 29.9 Å². The molecule has 6 nitrogen and oxygen atoms in total. The summed E-state index contributed by atoms with van der Waals surface area (Å²) in [4.78, 5) is 0. The molecule has 1 aromatic rings. The van der Waals surface area contributed by atoms with Crippen LogP contribution in [0.4, 0.5) is 0 Å². The van der Waals surface area contributed by atoms with E-state index in [1.165, 1.54) is 10.6 Å². The minimum Gasteiger partial charge on any atom is -0.497 e. The number of hydrogen-bond donors (Lipinski definition) is 0. The minimum atomic E-state index is -3.06. The van der Waals surface area contributed by atoms with Gasteiger partial charge in [0, 0.05) is 25.8 Å². The van der Waals surface area contributed by atoms with Gasteiger partial charge in [-0.3, -0.25) is 0 Å². The van der Waals surface area contributed by atoms with Crippen LogP contribution in [0.25, 0.3) is 0 Å². The van der Waals surface area contributed by atoms with Gasteiger partial charge in [-0.15, -0.1) is 0 Å². The number of hydrogen-bond acceptors (Lipinski definition) is 5. The van der Waals surface area contributed by atoms with Crippen molar-refractivity contribution in [2.24, 2.45) is 5.92 Å². The maximum atomic E-state index is 11.5. The van der Waals surface area contributed by atoms with Crippen molar-refractivity contribution in [3.05, 3.63) is 23.8 Å². The molecule has 1 heterocycles. The molecule has 23 heavy (non-hydrogen) atoms. The van der Waals surface area contributed by atoms with Crippen molar-refractivity contribution in [2.75, 3.05) is 40.2 Å². The first-order chi connectivity index (χ1) is 10.9. The lowest BCUT2D eigenvalue weighted by molar-refractivity contribution is 0.0687. The van der Waals surface area contributed by atoms with Crippen molar-refractivity contribution in [2.45, 2.75) is 19.4 Å². The van der Waals surface area contributed by atoms with Gasteiger partial charge in [-0.05, 0) is 36.5 Å². The summed E-state index contributed by atoms with van der Waals surface area (Å²) in [6.07, 6.45) is 2.95. The first-order valence-electron chi connectivity index (χ1n) is 7.67. The van der Waals surface area contributed by atoms with Crippen LogP contribution in [0.1, 0.15) is 18.4 Å². The van der Waals surface area contributed by atoms with Gasteiger partial charge in [0.25, 0.3) is 0 Å². The van der Waals surface area contributed by atoms with Crippen molar-refractivity contribution in [1.82, 2.24) is 4.31 Å². The van der Waals surface area contributed by atoms with E-state index in [2.05, 4.69) is 0 Å². The van der Waals surface area contributed by atoms with Gasteiger partial charge < -0.3 is 14.2 Å². The Morgan fingerprint density at radius 2 is 1.65 bits per heavy atom. The zero-order chi connectivity index (χ0) is 16.9. The summed E-state index contributed by atoms with van der Waals surface area (Å²) in [5.41, 5.74) is 0.995. The molecule has 130 valence electrons. The Bertz CT molecular complexity index is 587. The summed E-state index contributed by atoms with van der Waals surface area (Å²) in [5.74, 6) is 1.88. The van der Waals surface area contributed by atoms with Gasteiger partial charge in [0.15, 0.2) is 0 Å². The first kappa shape index (κ1) is 18.0. The molecule has 1 aromatic carbocycles. The highest BCUT2D eigenvalue weighted by Crippen LogP contribution is 2.24. The quantitative estimate of drug-likeness (QED) is 0.756. The number of methoxy groups -OCH3 is 2. The molecule has 0 spiro atoms. The Morgan fingerprint density at radius 1 is 1.09 bits per heavy atom. The predicted molar refractivity (Wildman–Crippen MR) is 88.3 cm³/mol. The van der Waals surface area contributed by atoms with Gasteiger partial charge in [-0.1, -0.05) is 0 Å². The van der Waals surface area contributed by atoms with Crippen molar-refractivity contribution >= 4 is 10.0 Å². The maximum Gasteiger partial charge on any atom is 0.211 e. The Morgan fingerprint density at radius 3 is 2.13 bits per heavy atom. The lowest BCUT2D eigenvalue weighted by atomic mass is 9.99. The molecule has 0 bridgehead atoms. The van der Waals surface area contributed by atoms with Gasteiger partial charge in [0.2, 0.25) is 10.0 Å². The lowest BCUT2D eigenvalue weighted by Gasteiger charge is -2.30. The average Bonchev–Trinajstić information content (AvgIpc) is 2.54. The summed E-state index contributed by atoms with van der Waals surface area (Å²) in [6.45, 7) is 2.29. The molecular formula is C16H25NO5S. The number of piperidine rings is 1. The van der Waals surface area contributed by atoms with Gasteiger partial charge in [-0.2, -0.15) is 0 Å². The molecular weight excluding hydrogens is 318 g/mol. The fourth-order valence-electron chi connectivity index (χ4n) is 2.70. The van der Waals surface area contributed by atoms with Crippen LogP contribution in [0.5, 0.6) is 11.5 Å². The SMILES string of the molecule is COc1cc(COCC2CCN(S(C)(=O)=O)CC2)cc(OC)c1. The van der Waals surface area contributed by atoms with Crippen LogP contribution in [0, 0.1) is 5.92 Å². The highest BCUT2D eigenvalue weighted by atomic mass is 32.2. The highest BCUT2D eigenvalue weighted by Gasteiger charge is 2.24. The Labute approximate surface area is 138 Å². The minimum absolute atomic E-state index is 0.403. The van der Waals surface area contributed by atoms with Crippen LogP contribution < -0.4 is 9.47 Å². The molecule has 0 aliphatic carbocycles. The predicted octanol–water partition coefficient (Wildman–Crippen LogP) is 1.89. The second-order valence-electron chi connectivity index (χ2n) is 5.84. The fourth-order valence-corrected chi connectivity index (χ4v) is 3.57. The summed E-state index contributed by atoms with van der Waals surface area (Å²) in [6, 6.07) is 5.67. The van der Waals surface area contributed by atoms with Crippen molar-refractivity contribution in [3.63, 3.8) is 0 Å².